The Balaban J connectivity index is 2.91. The van der Waals surface area contributed by atoms with Crippen LogP contribution in [0.4, 0.5) is 4.39 Å². The van der Waals surface area contributed by atoms with Crippen molar-refractivity contribution in [2.45, 2.75) is 18.9 Å². The first-order valence-corrected chi connectivity index (χ1v) is 5.33. The van der Waals surface area contributed by atoms with Gasteiger partial charge in [-0.1, -0.05) is 15.9 Å². The lowest BCUT2D eigenvalue weighted by Crippen LogP contribution is -2.28. The van der Waals surface area contributed by atoms with Crippen molar-refractivity contribution in [3.8, 4) is 12.3 Å². The van der Waals surface area contributed by atoms with Crippen molar-refractivity contribution < 1.29 is 4.39 Å². The molecule has 0 bridgehead atoms. The van der Waals surface area contributed by atoms with Crippen molar-refractivity contribution in [1.82, 2.24) is 5.43 Å². The molecule has 0 amide bonds. The van der Waals surface area contributed by atoms with E-state index >= 15 is 0 Å². The molecule has 15 heavy (non-hydrogen) atoms. The summed E-state index contributed by atoms with van der Waals surface area (Å²) in [6, 6.07) is 4.37. The number of hydrogen-bond donors (Lipinski definition) is 2. The second-order valence-electron chi connectivity index (χ2n) is 3.13. The lowest BCUT2D eigenvalue weighted by atomic mass is 10.0. The van der Waals surface area contributed by atoms with Gasteiger partial charge in [0.1, 0.15) is 5.82 Å². The van der Waals surface area contributed by atoms with Gasteiger partial charge in [0.2, 0.25) is 0 Å². The predicted octanol–water partition coefficient (Wildman–Crippen LogP) is 2.51. The lowest BCUT2D eigenvalue weighted by molar-refractivity contribution is 0.517. The molecular formula is C11H12BrFN2. The monoisotopic (exact) mass is 270 g/mol. The van der Waals surface area contributed by atoms with Crippen LogP contribution in [0.3, 0.4) is 0 Å². The number of nitrogens with two attached hydrogens (primary N) is 1. The van der Waals surface area contributed by atoms with Crippen LogP contribution < -0.4 is 11.3 Å². The smallest absolute Gasteiger partial charge is 0.123 e. The molecule has 0 aliphatic rings. The lowest BCUT2D eigenvalue weighted by Gasteiger charge is -2.16. The average molecular weight is 271 g/mol. The van der Waals surface area contributed by atoms with E-state index in [0.29, 0.717) is 12.8 Å². The third-order valence-corrected chi connectivity index (χ3v) is 2.83. The van der Waals surface area contributed by atoms with Crippen LogP contribution in [0.1, 0.15) is 24.4 Å². The van der Waals surface area contributed by atoms with Gasteiger partial charge in [0.25, 0.3) is 0 Å². The zero-order valence-corrected chi connectivity index (χ0v) is 9.72. The second kappa shape index (κ2) is 5.86. The molecule has 0 aromatic heterocycles. The van der Waals surface area contributed by atoms with Crippen LogP contribution in [0.25, 0.3) is 0 Å². The first-order valence-electron chi connectivity index (χ1n) is 4.53. The minimum absolute atomic E-state index is 0.133. The predicted molar refractivity (Wildman–Crippen MR) is 62.2 cm³/mol. The van der Waals surface area contributed by atoms with Crippen LogP contribution in [0.15, 0.2) is 22.7 Å². The average Bonchev–Trinajstić information content (AvgIpc) is 2.24. The summed E-state index contributed by atoms with van der Waals surface area (Å²) in [5, 5.41) is 0. The van der Waals surface area contributed by atoms with Crippen molar-refractivity contribution in [3.05, 3.63) is 34.1 Å². The van der Waals surface area contributed by atoms with Gasteiger partial charge in [0.05, 0.1) is 0 Å². The fourth-order valence-electron chi connectivity index (χ4n) is 1.34. The quantitative estimate of drug-likeness (QED) is 0.501. The molecule has 80 valence electrons. The highest BCUT2D eigenvalue weighted by molar-refractivity contribution is 9.10. The van der Waals surface area contributed by atoms with Crippen molar-refractivity contribution in [1.29, 1.82) is 0 Å². The zero-order valence-electron chi connectivity index (χ0n) is 8.13. The van der Waals surface area contributed by atoms with Gasteiger partial charge in [0.15, 0.2) is 0 Å². The van der Waals surface area contributed by atoms with Gasteiger partial charge in [-0.3, -0.25) is 11.3 Å². The normalized spacial score (nSPS) is 12.1. The van der Waals surface area contributed by atoms with Crippen molar-refractivity contribution in [2.75, 3.05) is 0 Å². The van der Waals surface area contributed by atoms with Gasteiger partial charge in [-0.05, 0) is 30.2 Å². The Morgan fingerprint density at radius 1 is 1.60 bits per heavy atom. The van der Waals surface area contributed by atoms with E-state index in [4.69, 9.17) is 12.3 Å². The van der Waals surface area contributed by atoms with Crippen LogP contribution in [0.2, 0.25) is 0 Å². The Morgan fingerprint density at radius 3 is 2.93 bits per heavy atom. The van der Waals surface area contributed by atoms with Crippen molar-refractivity contribution >= 4 is 15.9 Å². The molecule has 0 heterocycles. The maximum Gasteiger partial charge on any atom is 0.123 e. The first kappa shape index (κ1) is 12.2. The molecule has 1 atom stereocenters. The summed E-state index contributed by atoms with van der Waals surface area (Å²) < 4.78 is 13.9. The maximum absolute atomic E-state index is 13.0. The van der Waals surface area contributed by atoms with Gasteiger partial charge in [0, 0.05) is 16.9 Å². The number of hydrogen-bond acceptors (Lipinski definition) is 2. The number of rotatable bonds is 4. The Bertz CT molecular complexity index is 373. The van der Waals surface area contributed by atoms with Gasteiger partial charge in [-0.15, -0.1) is 12.3 Å². The molecule has 0 radical (unpaired) electrons. The Labute approximate surface area is 97.1 Å². The van der Waals surface area contributed by atoms with Crippen molar-refractivity contribution in [3.63, 3.8) is 0 Å². The Morgan fingerprint density at radius 2 is 2.33 bits per heavy atom. The van der Waals surface area contributed by atoms with Crippen LogP contribution in [0, 0.1) is 18.2 Å². The summed E-state index contributed by atoms with van der Waals surface area (Å²) in [6.07, 6.45) is 6.44. The minimum Gasteiger partial charge on any atom is -0.271 e. The van der Waals surface area contributed by atoms with E-state index in [1.165, 1.54) is 12.1 Å². The largest absolute Gasteiger partial charge is 0.271 e. The van der Waals surface area contributed by atoms with Crippen molar-refractivity contribution in [2.24, 2.45) is 5.84 Å². The minimum atomic E-state index is -0.283. The summed E-state index contributed by atoms with van der Waals surface area (Å²) in [5.74, 6) is 7.65. The highest BCUT2D eigenvalue weighted by atomic mass is 79.9. The van der Waals surface area contributed by atoms with Gasteiger partial charge >= 0.3 is 0 Å². The van der Waals surface area contributed by atoms with Gasteiger partial charge < -0.3 is 0 Å². The Kier molecular flexibility index (Phi) is 4.76. The molecular weight excluding hydrogens is 259 g/mol. The zero-order chi connectivity index (χ0) is 11.3. The molecule has 1 aromatic carbocycles. The molecule has 1 unspecified atom stereocenters. The third-order valence-electron chi connectivity index (χ3n) is 2.11. The summed E-state index contributed by atoms with van der Waals surface area (Å²) in [4.78, 5) is 0. The fraction of sp³-hybridized carbons (Fsp3) is 0.273. The number of halogens is 2. The van der Waals surface area contributed by atoms with Crippen LogP contribution in [-0.2, 0) is 0 Å². The van der Waals surface area contributed by atoms with E-state index in [1.54, 1.807) is 6.07 Å². The molecule has 4 heteroatoms. The molecule has 0 saturated heterocycles. The summed E-state index contributed by atoms with van der Waals surface area (Å²) in [6.45, 7) is 0. The molecule has 0 fully saturated rings. The molecule has 1 rings (SSSR count). The highest BCUT2D eigenvalue weighted by Gasteiger charge is 2.13. The summed E-state index contributed by atoms with van der Waals surface area (Å²) >= 11 is 3.35. The molecule has 1 aromatic rings. The summed E-state index contributed by atoms with van der Waals surface area (Å²) in [5.41, 5.74) is 3.41. The maximum atomic E-state index is 13.0. The molecule has 0 saturated carbocycles. The van der Waals surface area contributed by atoms with Gasteiger partial charge in [-0.25, -0.2) is 4.39 Å². The molecule has 0 aliphatic heterocycles. The number of hydrazine groups is 1. The van der Waals surface area contributed by atoms with Crippen LogP contribution in [-0.4, -0.2) is 0 Å². The van der Waals surface area contributed by atoms with E-state index in [1.807, 2.05) is 0 Å². The van der Waals surface area contributed by atoms with E-state index in [9.17, 15) is 4.39 Å². The van der Waals surface area contributed by atoms with Crippen LogP contribution in [0.5, 0.6) is 0 Å². The second-order valence-corrected chi connectivity index (χ2v) is 3.98. The number of nitrogens with one attached hydrogen (secondary N) is 1. The fourth-order valence-corrected chi connectivity index (χ4v) is 1.86. The van der Waals surface area contributed by atoms with E-state index in [2.05, 4.69) is 27.3 Å². The number of benzene rings is 1. The van der Waals surface area contributed by atoms with E-state index < -0.39 is 0 Å². The van der Waals surface area contributed by atoms with Gasteiger partial charge in [-0.2, -0.15) is 0 Å². The molecule has 3 N–H and O–H groups in total. The summed E-state index contributed by atoms with van der Waals surface area (Å²) in [7, 11) is 0. The van der Waals surface area contributed by atoms with E-state index in [0.717, 1.165) is 10.0 Å². The third kappa shape index (κ3) is 3.31. The first-order chi connectivity index (χ1) is 7.19. The SMILES string of the molecule is C#CCCC(NN)c1cc(F)ccc1Br. The van der Waals surface area contributed by atoms with E-state index in [-0.39, 0.29) is 11.9 Å². The van der Waals surface area contributed by atoms with Crippen LogP contribution >= 0.6 is 15.9 Å². The molecule has 0 spiro atoms. The Hall–Kier alpha value is -0.890. The molecule has 2 nitrogen and oxygen atoms in total. The molecule has 0 aliphatic carbocycles. The standard InChI is InChI=1S/C11H12BrFN2/c1-2-3-4-11(15-14)9-7-8(13)5-6-10(9)12/h1,5-7,11,15H,3-4,14H2. The number of terminal acetylenes is 1. The highest BCUT2D eigenvalue weighted by Crippen LogP contribution is 2.26. The topological polar surface area (TPSA) is 38.0 Å².